The van der Waals surface area contributed by atoms with Crippen LogP contribution < -0.4 is 5.32 Å². The lowest BCUT2D eigenvalue weighted by molar-refractivity contribution is -0.385. The van der Waals surface area contributed by atoms with Crippen LogP contribution in [-0.2, 0) is 0 Å². The number of anilines is 1. The maximum Gasteiger partial charge on any atom is 0.274 e. The van der Waals surface area contributed by atoms with Gasteiger partial charge >= 0.3 is 0 Å². The largest absolute Gasteiger partial charge is 0.321 e. The summed E-state index contributed by atoms with van der Waals surface area (Å²) in [6.45, 7) is 1.55. The zero-order valence-corrected chi connectivity index (χ0v) is 12.5. The summed E-state index contributed by atoms with van der Waals surface area (Å²) in [5.41, 5.74) is 0.869. The summed E-state index contributed by atoms with van der Waals surface area (Å²) in [6, 6.07) is 8.26. The van der Waals surface area contributed by atoms with Crippen molar-refractivity contribution in [3.05, 3.63) is 67.9 Å². The predicted molar refractivity (Wildman–Crippen MR) is 79.9 cm³/mol. The van der Waals surface area contributed by atoms with E-state index in [0.29, 0.717) is 11.3 Å². The third kappa shape index (κ3) is 3.25. The van der Waals surface area contributed by atoms with E-state index in [2.05, 4.69) is 21.2 Å². The first-order chi connectivity index (χ1) is 9.90. The highest BCUT2D eigenvalue weighted by Crippen LogP contribution is 2.26. The smallest absolute Gasteiger partial charge is 0.274 e. The molecule has 0 bridgehead atoms. The second kappa shape index (κ2) is 6.01. The highest BCUT2D eigenvalue weighted by Gasteiger charge is 2.16. The van der Waals surface area contributed by atoms with E-state index >= 15 is 0 Å². The van der Waals surface area contributed by atoms with E-state index in [0.717, 1.165) is 0 Å². The molecule has 7 heteroatoms. The number of carbonyl (C=O) groups is 1. The maximum absolute atomic E-state index is 13.1. The zero-order valence-electron chi connectivity index (χ0n) is 10.9. The minimum Gasteiger partial charge on any atom is -0.321 e. The number of nitrogens with zero attached hydrogens (tertiary/aromatic N) is 1. The Balaban J connectivity index is 2.29. The SMILES string of the molecule is Cc1c(NC(=O)c2ccc(F)c(Br)c2)cccc1[N+](=O)[O-]. The fraction of sp³-hybridized carbons (Fsp3) is 0.0714. The van der Waals surface area contributed by atoms with Crippen molar-refractivity contribution in [1.29, 1.82) is 0 Å². The van der Waals surface area contributed by atoms with Gasteiger partial charge in [-0.25, -0.2) is 4.39 Å². The molecule has 2 rings (SSSR count). The Morgan fingerprint density at radius 2 is 2.05 bits per heavy atom. The van der Waals surface area contributed by atoms with Crippen molar-refractivity contribution in [3.8, 4) is 0 Å². The van der Waals surface area contributed by atoms with Gasteiger partial charge < -0.3 is 5.32 Å². The Kier molecular flexibility index (Phi) is 4.32. The Bertz CT molecular complexity index is 734. The molecule has 0 aliphatic carbocycles. The van der Waals surface area contributed by atoms with Crippen molar-refractivity contribution in [3.63, 3.8) is 0 Å². The molecule has 1 amide bonds. The fourth-order valence-corrected chi connectivity index (χ4v) is 2.17. The molecule has 0 atom stereocenters. The molecule has 0 heterocycles. The van der Waals surface area contributed by atoms with Crippen molar-refractivity contribution in [2.75, 3.05) is 5.32 Å². The normalized spacial score (nSPS) is 10.2. The molecule has 2 aromatic carbocycles. The van der Waals surface area contributed by atoms with Crippen molar-refractivity contribution in [2.24, 2.45) is 0 Å². The molecule has 0 unspecified atom stereocenters. The number of rotatable bonds is 3. The maximum atomic E-state index is 13.1. The average Bonchev–Trinajstić information content (AvgIpc) is 2.43. The summed E-state index contributed by atoms with van der Waals surface area (Å²) in [7, 11) is 0. The van der Waals surface area contributed by atoms with Crippen LogP contribution in [0, 0.1) is 22.9 Å². The average molecular weight is 353 g/mol. The number of nitro groups is 1. The minimum atomic E-state index is -0.514. The molecule has 108 valence electrons. The van der Waals surface area contributed by atoms with Gasteiger partial charge in [0, 0.05) is 11.6 Å². The van der Waals surface area contributed by atoms with Crippen molar-refractivity contribution >= 4 is 33.2 Å². The lowest BCUT2D eigenvalue weighted by Gasteiger charge is -2.09. The Morgan fingerprint density at radius 1 is 1.33 bits per heavy atom. The second-order valence-electron chi connectivity index (χ2n) is 4.29. The molecule has 21 heavy (non-hydrogen) atoms. The number of amides is 1. The van der Waals surface area contributed by atoms with E-state index in [9.17, 15) is 19.3 Å². The van der Waals surface area contributed by atoms with Gasteiger partial charge in [0.25, 0.3) is 11.6 Å². The van der Waals surface area contributed by atoms with Gasteiger partial charge in [0.05, 0.1) is 20.6 Å². The van der Waals surface area contributed by atoms with Crippen LogP contribution in [0.1, 0.15) is 15.9 Å². The van der Waals surface area contributed by atoms with Crippen LogP contribution in [-0.4, -0.2) is 10.8 Å². The first kappa shape index (κ1) is 15.1. The molecular weight excluding hydrogens is 343 g/mol. The molecule has 0 aliphatic rings. The van der Waals surface area contributed by atoms with E-state index in [4.69, 9.17) is 0 Å². The molecule has 1 N–H and O–H groups in total. The van der Waals surface area contributed by atoms with Crippen LogP contribution >= 0.6 is 15.9 Å². The molecule has 0 aliphatic heterocycles. The van der Waals surface area contributed by atoms with Crippen molar-refractivity contribution in [1.82, 2.24) is 0 Å². The van der Waals surface area contributed by atoms with Crippen LogP contribution in [0.3, 0.4) is 0 Å². The lowest BCUT2D eigenvalue weighted by atomic mass is 10.1. The molecule has 2 aromatic rings. The van der Waals surface area contributed by atoms with Crippen LogP contribution in [0.25, 0.3) is 0 Å². The number of nitro benzene ring substituents is 1. The van der Waals surface area contributed by atoms with Crippen LogP contribution in [0.15, 0.2) is 40.9 Å². The van der Waals surface area contributed by atoms with Crippen LogP contribution in [0.2, 0.25) is 0 Å². The number of hydrogen-bond donors (Lipinski definition) is 1. The number of halogens is 2. The van der Waals surface area contributed by atoms with Crippen LogP contribution in [0.5, 0.6) is 0 Å². The molecule has 0 radical (unpaired) electrons. The number of hydrogen-bond acceptors (Lipinski definition) is 3. The Hall–Kier alpha value is -2.28. The molecule has 0 saturated carbocycles. The van der Waals surface area contributed by atoms with Gasteiger partial charge in [-0.1, -0.05) is 6.07 Å². The Labute approximate surface area is 128 Å². The monoisotopic (exact) mass is 352 g/mol. The summed E-state index contributed by atoms with van der Waals surface area (Å²) in [5.74, 6) is -0.947. The molecule has 0 fully saturated rings. The van der Waals surface area contributed by atoms with Crippen molar-refractivity contribution < 1.29 is 14.1 Å². The Morgan fingerprint density at radius 3 is 2.67 bits per heavy atom. The number of benzene rings is 2. The fourth-order valence-electron chi connectivity index (χ4n) is 1.79. The summed E-state index contributed by atoms with van der Waals surface area (Å²) < 4.78 is 13.3. The second-order valence-corrected chi connectivity index (χ2v) is 5.14. The topological polar surface area (TPSA) is 72.2 Å². The minimum absolute atomic E-state index is 0.0758. The van der Waals surface area contributed by atoms with Gasteiger partial charge in [0.1, 0.15) is 5.82 Å². The standard InChI is InChI=1S/C14H10BrFN2O3/c1-8-12(3-2-4-13(8)18(20)21)17-14(19)9-5-6-11(16)10(15)7-9/h2-7H,1H3,(H,17,19). The zero-order chi connectivity index (χ0) is 15.6. The summed E-state index contributed by atoms with van der Waals surface area (Å²) >= 11 is 3.00. The van der Waals surface area contributed by atoms with E-state index in [1.54, 1.807) is 13.0 Å². The van der Waals surface area contributed by atoms with E-state index in [-0.39, 0.29) is 15.7 Å². The van der Waals surface area contributed by atoms with Crippen molar-refractivity contribution in [2.45, 2.75) is 6.92 Å². The first-order valence-corrected chi connectivity index (χ1v) is 6.70. The highest BCUT2D eigenvalue weighted by molar-refractivity contribution is 9.10. The van der Waals surface area contributed by atoms with Gasteiger partial charge in [0.2, 0.25) is 0 Å². The van der Waals surface area contributed by atoms with Gasteiger partial charge in [-0.3, -0.25) is 14.9 Å². The van der Waals surface area contributed by atoms with Gasteiger partial charge in [0.15, 0.2) is 0 Å². The molecule has 0 saturated heterocycles. The lowest BCUT2D eigenvalue weighted by Crippen LogP contribution is -2.13. The third-order valence-corrected chi connectivity index (χ3v) is 3.54. The summed E-state index contributed by atoms with van der Waals surface area (Å²) in [5, 5.41) is 13.4. The molecular formula is C14H10BrFN2O3. The molecule has 5 nitrogen and oxygen atoms in total. The summed E-state index contributed by atoms with van der Waals surface area (Å²) in [6.07, 6.45) is 0. The molecule has 0 aromatic heterocycles. The third-order valence-electron chi connectivity index (χ3n) is 2.93. The first-order valence-electron chi connectivity index (χ1n) is 5.90. The van der Waals surface area contributed by atoms with Gasteiger partial charge in [-0.2, -0.15) is 0 Å². The molecule has 0 spiro atoms. The summed E-state index contributed by atoms with van der Waals surface area (Å²) in [4.78, 5) is 22.4. The van der Waals surface area contributed by atoms with E-state index < -0.39 is 16.6 Å². The van der Waals surface area contributed by atoms with E-state index in [1.165, 1.54) is 30.3 Å². The predicted octanol–water partition coefficient (Wildman–Crippen LogP) is 4.06. The number of carbonyl (C=O) groups excluding carboxylic acids is 1. The van der Waals surface area contributed by atoms with Crippen LogP contribution in [0.4, 0.5) is 15.8 Å². The highest BCUT2D eigenvalue weighted by atomic mass is 79.9. The van der Waals surface area contributed by atoms with E-state index in [1.807, 2.05) is 0 Å². The van der Waals surface area contributed by atoms with Gasteiger partial charge in [-0.05, 0) is 47.1 Å². The quantitative estimate of drug-likeness (QED) is 0.668. The number of nitrogens with one attached hydrogen (secondary N) is 1. The van der Waals surface area contributed by atoms with Gasteiger partial charge in [-0.15, -0.1) is 0 Å².